The van der Waals surface area contributed by atoms with Gasteiger partial charge in [-0.25, -0.2) is 0 Å². The van der Waals surface area contributed by atoms with E-state index in [9.17, 15) is 23.1 Å². The average Bonchev–Trinajstić information content (AvgIpc) is 2.89. The largest absolute Gasteiger partial charge is 0.507 e. The Morgan fingerprint density at radius 1 is 0.838 bits per heavy atom. The minimum atomic E-state index is -4.93. The summed E-state index contributed by atoms with van der Waals surface area (Å²) in [7, 11) is 0. The molecule has 0 atom stereocenters. The maximum Gasteiger partial charge on any atom is 0.450 e. The van der Waals surface area contributed by atoms with Crippen molar-refractivity contribution in [2.24, 2.45) is 0 Å². The third-order valence-corrected chi connectivity index (χ3v) is 6.53. The fraction of sp³-hybridized carbons (Fsp3) is 0.167. The van der Waals surface area contributed by atoms with E-state index in [0.717, 1.165) is 5.56 Å². The van der Waals surface area contributed by atoms with Gasteiger partial charge in [0.1, 0.15) is 11.3 Å². The van der Waals surface area contributed by atoms with Crippen LogP contribution in [0.1, 0.15) is 23.8 Å². The van der Waals surface area contributed by atoms with Crippen molar-refractivity contribution in [1.82, 2.24) is 4.90 Å². The fourth-order valence-electron chi connectivity index (χ4n) is 4.69. The first-order valence-electron chi connectivity index (χ1n) is 11.9. The predicted octanol–water partition coefficient (Wildman–Crippen LogP) is 7.36. The van der Waals surface area contributed by atoms with Crippen LogP contribution >= 0.6 is 0 Å². The standard InChI is InChI=1S/C30H24F3NO3/c1-2-34(17-19-9-4-3-5-10-19)18-24-25(35)16-15-23-27(36)26(29(30(31,32)33)37-28(23)24)22-14-8-12-20-11-6-7-13-21(20)22/h3-16,35H,2,17-18H2,1H3. The molecule has 5 aromatic rings. The Morgan fingerprint density at radius 2 is 1.54 bits per heavy atom. The molecule has 0 bridgehead atoms. The quantitative estimate of drug-likeness (QED) is 0.263. The Labute approximate surface area is 211 Å². The molecule has 0 aliphatic carbocycles. The van der Waals surface area contributed by atoms with Gasteiger partial charge in [0.05, 0.1) is 16.5 Å². The van der Waals surface area contributed by atoms with Crippen LogP contribution in [0.15, 0.2) is 94.1 Å². The van der Waals surface area contributed by atoms with E-state index >= 15 is 0 Å². The first-order valence-corrected chi connectivity index (χ1v) is 11.9. The number of phenolic OH excluding ortho intramolecular Hbond substituents is 1. The Morgan fingerprint density at radius 3 is 2.27 bits per heavy atom. The summed E-state index contributed by atoms with van der Waals surface area (Å²) in [4.78, 5) is 15.6. The van der Waals surface area contributed by atoms with Gasteiger partial charge in [0, 0.05) is 13.1 Å². The average molecular weight is 504 g/mol. The zero-order chi connectivity index (χ0) is 26.2. The summed E-state index contributed by atoms with van der Waals surface area (Å²) in [6.45, 7) is 3.09. The minimum absolute atomic E-state index is 0.0144. The molecular formula is C30H24F3NO3. The monoisotopic (exact) mass is 503 g/mol. The second-order valence-electron chi connectivity index (χ2n) is 8.89. The molecule has 188 valence electrons. The lowest BCUT2D eigenvalue weighted by Crippen LogP contribution is -2.23. The number of fused-ring (bicyclic) bond motifs is 2. The summed E-state index contributed by atoms with van der Waals surface area (Å²) in [5.41, 5.74) is -0.285. The highest BCUT2D eigenvalue weighted by molar-refractivity contribution is 5.99. The molecule has 37 heavy (non-hydrogen) atoms. The summed E-state index contributed by atoms with van der Waals surface area (Å²) in [6, 6.07) is 24.1. The molecule has 1 N–H and O–H groups in total. The smallest absolute Gasteiger partial charge is 0.450 e. The highest BCUT2D eigenvalue weighted by Crippen LogP contribution is 2.41. The molecule has 7 heteroatoms. The lowest BCUT2D eigenvalue weighted by Gasteiger charge is -2.22. The number of phenols is 1. The molecule has 0 spiro atoms. The fourth-order valence-corrected chi connectivity index (χ4v) is 4.69. The van der Waals surface area contributed by atoms with Crippen molar-refractivity contribution in [2.75, 3.05) is 6.54 Å². The highest BCUT2D eigenvalue weighted by atomic mass is 19.4. The number of alkyl halides is 3. The van der Waals surface area contributed by atoms with Crippen LogP contribution in [0.3, 0.4) is 0 Å². The van der Waals surface area contributed by atoms with Crippen molar-refractivity contribution in [1.29, 1.82) is 0 Å². The second kappa shape index (κ2) is 9.75. The van der Waals surface area contributed by atoms with Crippen LogP contribution in [0.25, 0.3) is 32.9 Å². The summed E-state index contributed by atoms with van der Waals surface area (Å²) in [6.07, 6.45) is -4.93. The highest BCUT2D eigenvalue weighted by Gasteiger charge is 2.40. The van der Waals surface area contributed by atoms with E-state index in [0.29, 0.717) is 23.9 Å². The number of rotatable bonds is 6. The minimum Gasteiger partial charge on any atom is -0.507 e. The molecule has 0 unspecified atom stereocenters. The molecule has 0 saturated carbocycles. The van der Waals surface area contributed by atoms with Crippen LogP contribution in [-0.2, 0) is 19.3 Å². The van der Waals surface area contributed by atoms with Crippen LogP contribution in [-0.4, -0.2) is 16.6 Å². The zero-order valence-corrected chi connectivity index (χ0v) is 20.0. The van der Waals surface area contributed by atoms with Crippen molar-refractivity contribution in [3.05, 3.63) is 112 Å². The van der Waals surface area contributed by atoms with Gasteiger partial charge in [0.15, 0.2) is 0 Å². The topological polar surface area (TPSA) is 53.7 Å². The van der Waals surface area contributed by atoms with Gasteiger partial charge in [0.25, 0.3) is 0 Å². The van der Waals surface area contributed by atoms with Gasteiger partial charge in [-0.3, -0.25) is 9.69 Å². The molecular weight excluding hydrogens is 479 g/mol. The van der Waals surface area contributed by atoms with E-state index in [-0.39, 0.29) is 34.4 Å². The summed E-state index contributed by atoms with van der Waals surface area (Å²) >= 11 is 0. The van der Waals surface area contributed by atoms with Gasteiger partial charge in [-0.15, -0.1) is 0 Å². The van der Waals surface area contributed by atoms with E-state index in [1.54, 1.807) is 36.4 Å². The molecule has 0 aliphatic rings. The van der Waals surface area contributed by atoms with Crippen LogP contribution in [0.5, 0.6) is 5.75 Å². The number of hydrogen-bond donors (Lipinski definition) is 1. The summed E-state index contributed by atoms with van der Waals surface area (Å²) < 4.78 is 48.7. The van der Waals surface area contributed by atoms with E-state index in [1.165, 1.54) is 18.2 Å². The third kappa shape index (κ3) is 4.70. The molecule has 1 heterocycles. The van der Waals surface area contributed by atoms with Crippen molar-refractivity contribution in [3.63, 3.8) is 0 Å². The Bertz CT molecular complexity index is 1640. The Kier molecular flexibility index (Phi) is 6.48. The molecule has 1 aromatic heterocycles. The first kappa shape index (κ1) is 24.6. The predicted molar refractivity (Wildman–Crippen MR) is 138 cm³/mol. The molecule has 0 fully saturated rings. The van der Waals surface area contributed by atoms with Crippen LogP contribution in [0, 0.1) is 0 Å². The van der Waals surface area contributed by atoms with E-state index in [4.69, 9.17) is 4.42 Å². The van der Waals surface area contributed by atoms with Gasteiger partial charge in [0.2, 0.25) is 11.2 Å². The van der Waals surface area contributed by atoms with E-state index in [1.807, 2.05) is 42.2 Å². The molecule has 5 rings (SSSR count). The number of nitrogens with zero attached hydrogens (tertiary/aromatic N) is 1. The summed E-state index contributed by atoms with van der Waals surface area (Å²) in [5.74, 6) is -1.60. The van der Waals surface area contributed by atoms with Crippen LogP contribution < -0.4 is 5.43 Å². The zero-order valence-electron chi connectivity index (χ0n) is 20.0. The molecule has 4 aromatic carbocycles. The SMILES string of the molecule is CCN(Cc1ccccc1)Cc1c(O)ccc2c(=O)c(-c3cccc4ccccc34)c(C(F)(F)F)oc12. The Balaban J connectivity index is 1.72. The number of aromatic hydroxyl groups is 1. The van der Waals surface area contributed by atoms with Crippen LogP contribution in [0.2, 0.25) is 0 Å². The lowest BCUT2D eigenvalue weighted by atomic mass is 9.95. The van der Waals surface area contributed by atoms with Gasteiger partial charge in [-0.2, -0.15) is 13.2 Å². The van der Waals surface area contributed by atoms with Gasteiger partial charge in [-0.05, 0) is 40.6 Å². The van der Waals surface area contributed by atoms with Crippen molar-refractivity contribution < 1.29 is 22.7 Å². The number of benzene rings is 4. The number of hydrogen-bond acceptors (Lipinski definition) is 4. The molecule has 0 radical (unpaired) electrons. The van der Waals surface area contributed by atoms with Crippen molar-refractivity contribution in [3.8, 4) is 16.9 Å². The molecule has 4 nitrogen and oxygen atoms in total. The number of halogens is 3. The maximum atomic E-state index is 14.4. The van der Waals surface area contributed by atoms with Crippen molar-refractivity contribution >= 4 is 21.7 Å². The summed E-state index contributed by atoms with van der Waals surface area (Å²) in [5, 5.41) is 11.9. The van der Waals surface area contributed by atoms with Gasteiger partial charge < -0.3 is 9.52 Å². The third-order valence-electron chi connectivity index (χ3n) is 6.53. The van der Waals surface area contributed by atoms with E-state index in [2.05, 4.69) is 0 Å². The molecule has 0 saturated heterocycles. The second-order valence-corrected chi connectivity index (χ2v) is 8.89. The van der Waals surface area contributed by atoms with E-state index < -0.39 is 22.9 Å². The molecule has 0 aliphatic heterocycles. The maximum absolute atomic E-state index is 14.4. The van der Waals surface area contributed by atoms with Gasteiger partial charge in [-0.1, -0.05) is 79.7 Å². The Hall–Kier alpha value is -4.10. The first-order chi connectivity index (χ1) is 17.8. The van der Waals surface area contributed by atoms with Gasteiger partial charge >= 0.3 is 6.18 Å². The van der Waals surface area contributed by atoms with Crippen molar-refractivity contribution in [2.45, 2.75) is 26.2 Å². The normalized spacial score (nSPS) is 12.0. The lowest BCUT2D eigenvalue weighted by molar-refractivity contribution is -0.152. The van der Waals surface area contributed by atoms with Crippen LogP contribution in [0.4, 0.5) is 13.2 Å². The molecule has 0 amide bonds.